The number of amides is 3. The highest BCUT2D eigenvalue weighted by Crippen LogP contribution is 2.21. The molecule has 5 nitrogen and oxygen atoms in total. The minimum absolute atomic E-state index is 0.157. The van der Waals surface area contributed by atoms with E-state index in [0.717, 1.165) is 5.56 Å². The van der Waals surface area contributed by atoms with Gasteiger partial charge in [0.05, 0.1) is 11.1 Å². The van der Waals surface area contributed by atoms with Crippen LogP contribution in [0.4, 0.5) is 0 Å². The first-order valence-electron chi connectivity index (χ1n) is 7.38. The molecule has 0 aromatic heterocycles. The molecule has 0 bridgehead atoms. The van der Waals surface area contributed by atoms with Crippen LogP contribution in [-0.2, 0) is 0 Å². The summed E-state index contributed by atoms with van der Waals surface area (Å²) in [5, 5.41) is 2.74. The Bertz CT molecular complexity index is 763. The van der Waals surface area contributed by atoms with Gasteiger partial charge in [0.2, 0.25) is 0 Å². The molecule has 23 heavy (non-hydrogen) atoms. The summed E-state index contributed by atoms with van der Waals surface area (Å²) >= 11 is 0. The van der Waals surface area contributed by atoms with Crippen molar-refractivity contribution in [2.45, 2.75) is 6.92 Å². The van der Waals surface area contributed by atoms with E-state index in [9.17, 15) is 14.4 Å². The number of nitrogens with zero attached hydrogens (tertiary/aromatic N) is 1. The van der Waals surface area contributed by atoms with Gasteiger partial charge in [-0.05, 0) is 31.2 Å². The van der Waals surface area contributed by atoms with Crippen molar-refractivity contribution < 1.29 is 14.4 Å². The van der Waals surface area contributed by atoms with E-state index in [-0.39, 0.29) is 30.8 Å². The summed E-state index contributed by atoms with van der Waals surface area (Å²) < 4.78 is 0. The third-order valence-corrected chi connectivity index (χ3v) is 3.78. The first-order valence-corrected chi connectivity index (χ1v) is 7.38. The number of hydrogen-bond acceptors (Lipinski definition) is 3. The standard InChI is InChI=1S/C18H16N2O3/c1-12-5-4-6-13(11-12)16(21)19-9-10-20-17(22)14-7-2-3-8-15(14)18(20)23/h2-8,11H,9-10H2,1H3,(H,19,21). The molecule has 116 valence electrons. The number of fused-ring (bicyclic) bond motifs is 1. The van der Waals surface area contributed by atoms with Crippen molar-refractivity contribution in [1.29, 1.82) is 0 Å². The molecular formula is C18H16N2O3. The fraction of sp³-hybridized carbons (Fsp3) is 0.167. The normalized spacial score (nSPS) is 13.2. The van der Waals surface area contributed by atoms with E-state index in [1.165, 1.54) is 4.90 Å². The van der Waals surface area contributed by atoms with Gasteiger partial charge in [0.15, 0.2) is 0 Å². The molecule has 1 aliphatic rings. The summed E-state index contributed by atoms with van der Waals surface area (Å²) in [4.78, 5) is 37.6. The average Bonchev–Trinajstić information content (AvgIpc) is 2.80. The zero-order valence-corrected chi connectivity index (χ0v) is 12.7. The van der Waals surface area contributed by atoms with Crippen LogP contribution in [0.5, 0.6) is 0 Å². The van der Waals surface area contributed by atoms with Crippen molar-refractivity contribution in [2.75, 3.05) is 13.1 Å². The third-order valence-electron chi connectivity index (χ3n) is 3.78. The summed E-state index contributed by atoms with van der Waals surface area (Å²) in [7, 11) is 0. The van der Waals surface area contributed by atoms with Gasteiger partial charge in [-0.2, -0.15) is 0 Å². The van der Waals surface area contributed by atoms with Gasteiger partial charge in [0.25, 0.3) is 17.7 Å². The third kappa shape index (κ3) is 2.85. The Morgan fingerprint density at radius 3 is 2.26 bits per heavy atom. The van der Waals surface area contributed by atoms with Crippen molar-refractivity contribution in [3.05, 3.63) is 70.8 Å². The average molecular weight is 308 g/mol. The molecule has 3 amide bonds. The highest BCUT2D eigenvalue weighted by molar-refractivity contribution is 6.21. The molecule has 0 radical (unpaired) electrons. The fourth-order valence-electron chi connectivity index (χ4n) is 2.61. The molecule has 1 heterocycles. The molecular weight excluding hydrogens is 292 g/mol. The van der Waals surface area contributed by atoms with Crippen LogP contribution in [0, 0.1) is 6.92 Å². The number of aryl methyl sites for hydroxylation is 1. The predicted octanol–water partition coefficient (Wildman–Crippen LogP) is 2.02. The van der Waals surface area contributed by atoms with Crippen LogP contribution in [0.1, 0.15) is 36.6 Å². The minimum Gasteiger partial charge on any atom is -0.350 e. The van der Waals surface area contributed by atoms with Gasteiger partial charge < -0.3 is 5.32 Å². The van der Waals surface area contributed by atoms with Crippen LogP contribution < -0.4 is 5.32 Å². The summed E-state index contributed by atoms with van der Waals surface area (Å²) in [6, 6.07) is 14.0. The van der Waals surface area contributed by atoms with Crippen molar-refractivity contribution in [3.63, 3.8) is 0 Å². The number of nitrogens with one attached hydrogen (secondary N) is 1. The van der Waals surface area contributed by atoms with E-state index < -0.39 is 0 Å². The van der Waals surface area contributed by atoms with Crippen molar-refractivity contribution in [1.82, 2.24) is 10.2 Å². The van der Waals surface area contributed by atoms with Gasteiger partial charge >= 0.3 is 0 Å². The Morgan fingerprint density at radius 1 is 1.00 bits per heavy atom. The number of hydrogen-bond donors (Lipinski definition) is 1. The number of benzene rings is 2. The largest absolute Gasteiger partial charge is 0.350 e. The second-order valence-electron chi connectivity index (χ2n) is 5.43. The highest BCUT2D eigenvalue weighted by Gasteiger charge is 2.34. The van der Waals surface area contributed by atoms with Crippen LogP contribution in [0.25, 0.3) is 0 Å². The first-order chi connectivity index (χ1) is 11.1. The lowest BCUT2D eigenvalue weighted by molar-refractivity contribution is 0.0650. The Labute approximate surface area is 133 Å². The summed E-state index contributed by atoms with van der Waals surface area (Å²) in [6.07, 6.45) is 0. The molecule has 2 aromatic rings. The highest BCUT2D eigenvalue weighted by atomic mass is 16.2. The van der Waals surface area contributed by atoms with E-state index >= 15 is 0 Å². The lowest BCUT2D eigenvalue weighted by Crippen LogP contribution is -2.38. The van der Waals surface area contributed by atoms with E-state index in [0.29, 0.717) is 16.7 Å². The lowest BCUT2D eigenvalue weighted by Gasteiger charge is -2.14. The van der Waals surface area contributed by atoms with Gasteiger partial charge in [0, 0.05) is 18.7 Å². The second-order valence-corrected chi connectivity index (χ2v) is 5.43. The summed E-state index contributed by atoms with van der Waals surface area (Å²) in [6.45, 7) is 2.29. The van der Waals surface area contributed by atoms with Gasteiger partial charge in [-0.3, -0.25) is 19.3 Å². The van der Waals surface area contributed by atoms with Crippen molar-refractivity contribution in [3.8, 4) is 0 Å². The number of rotatable bonds is 4. The van der Waals surface area contributed by atoms with Gasteiger partial charge in [-0.15, -0.1) is 0 Å². The SMILES string of the molecule is Cc1cccc(C(=O)NCCN2C(=O)c3ccccc3C2=O)c1. The maximum absolute atomic E-state index is 12.2. The minimum atomic E-state index is -0.310. The lowest BCUT2D eigenvalue weighted by atomic mass is 10.1. The topological polar surface area (TPSA) is 66.5 Å². The van der Waals surface area contributed by atoms with E-state index in [1.807, 2.05) is 19.1 Å². The number of imide groups is 1. The number of carbonyl (C=O) groups is 3. The van der Waals surface area contributed by atoms with Gasteiger partial charge in [-0.1, -0.05) is 29.8 Å². The van der Waals surface area contributed by atoms with Crippen molar-refractivity contribution >= 4 is 17.7 Å². The fourth-order valence-corrected chi connectivity index (χ4v) is 2.61. The quantitative estimate of drug-likeness (QED) is 0.879. The molecule has 0 spiro atoms. The van der Waals surface area contributed by atoms with E-state index in [1.54, 1.807) is 36.4 Å². The Kier molecular flexibility index (Phi) is 3.93. The zero-order valence-electron chi connectivity index (χ0n) is 12.7. The van der Waals surface area contributed by atoms with Gasteiger partial charge in [-0.25, -0.2) is 0 Å². The van der Waals surface area contributed by atoms with Crippen molar-refractivity contribution in [2.24, 2.45) is 0 Å². The van der Waals surface area contributed by atoms with Crippen LogP contribution in [-0.4, -0.2) is 35.7 Å². The summed E-state index contributed by atoms with van der Waals surface area (Å²) in [5.41, 5.74) is 2.40. The molecule has 3 rings (SSSR count). The molecule has 0 atom stereocenters. The van der Waals surface area contributed by atoms with E-state index in [4.69, 9.17) is 0 Å². The summed E-state index contributed by atoms with van der Waals surface area (Å²) in [5.74, 6) is -0.837. The Balaban J connectivity index is 1.61. The van der Waals surface area contributed by atoms with E-state index in [2.05, 4.69) is 5.32 Å². The molecule has 0 aliphatic carbocycles. The molecule has 0 saturated heterocycles. The van der Waals surface area contributed by atoms with Crippen LogP contribution >= 0.6 is 0 Å². The smallest absolute Gasteiger partial charge is 0.261 e. The molecule has 1 N–H and O–H groups in total. The number of carbonyl (C=O) groups excluding carboxylic acids is 3. The van der Waals surface area contributed by atoms with Crippen LogP contribution in [0.3, 0.4) is 0 Å². The van der Waals surface area contributed by atoms with Crippen LogP contribution in [0.2, 0.25) is 0 Å². The molecule has 0 fully saturated rings. The molecule has 0 saturated carbocycles. The van der Waals surface area contributed by atoms with Gasteiger partial charge in [0.1, 0.15) is 0 Å². The predicted molar refractivity (Wildman–Crippen MR) is 85.3 cm³/mol. The molecule has 2 aromatic carbocycles. The second kappa shape index (κ2) is 6.04. The molecule has 1 aliphatic heterocycles. The molecule has 5 heteroatoms. The Hall–Kier alpha value is -2.95. The maximum Gasteiger partial charge on any atom is 0.261 e. The zero-order chi connectivity index (χ0) is 16.4. The molecule has 0 unspecified atom stereocenters. The van der Waals surface area contributed by atoms with Crippen LogP contribution in [0.15, 0.2) is 48.5 Å². The maximum atomic E-state index is 12.2. The monoisotopic (exact) mass is 308 g/mol. The Morgan fingerprint density at radius 2 is 1.65 bits per heavy atom. The first kappa shape index (κ1) is 15.0.